The number of nitrogens with zero attached hydrogens (tertiary/aromatic N) is 1. The van der Waals surface area contributed by atoms with E-state index in [1.807, 2.05) is 0 Å². The summed E-state index contributed by atoms with van der Waals surface area (Å²) in [5, 5.41) is 28.6. The molecule has 0 aromatic carbocycles. The molecule has 3 N–H and O–H groups in total. The Labute approximate surface area is 98.7 Å². The van der Waals surface area contributed by atoms with Gasteiger partial charge in [-0.1, -0.05) is 6.92 Å². The minimum atomic E-state index is -1.17. The first-order chi connectivity index (χ1) is 8.04. The number of carboxylic acid groups (broad SMARTS) is 1. The number of fused-ring (bicyclic) bond motifs is 1. The number of rotatable bonds is 2. The molecule has 0 fully saturated rings. The summed E-state index contributed by atoms with van der Waals surface area (Å²) < 4.78 is 0. The molecule has 1 aliphatic rings. The van der Waals surface area contributed by atoms with Crippen molar-refractivity contribution >= 4 is 5.97 Å². The van der Waals surface area contributed by atoms with Crippen LogP contribution in [0, 0.1) is 0 Å². The Morgan fingerprint density at radius 2 is 2.24 bits per heavy atom. The number of hydrogen-bond donors (Lipinski definition) is 3. The summed E-state index contributed by atoms with van der Waals surface area (Å²) >= 11 is 0. The zero-order valence-electron chi connectivity index (χ0n) is 9.60. The van der Waals surface area contributed by atoms with Crippen molar-refractivity contribution in [3.63, 3.8) is 0 Å². The van der Waals surface area contributed by atoms with Crippen molar-refractivity contribution in [1.82, 2.24) is 4.98 Å². The quantitative estimate of drug-likeness (QED) is 0.710. The van der Waals surface area contributed by atoms with Crippen molar-refractivity contribution in [3.8, 4) is 5.75 Å². The van der Waals surface area contributed by atoms with Gasteiger partial charge in [0.15, 0.2) is 0 Å². The fraction of sp³-hybridized carbons (Fsp3) is 0.500. The number of hydrogen-bond acceptors (Lipinski definition) is 4. The van der Waals surface area contributed by atoms with Crippen LogP contribution in [0.5, 0.6) is 5.75 Å². The van der Waals surface area contributed by atoms with Gasteiger partial charge in [-0.3, -0.25) is 4.98 Å². The SMILES string of the molecule is CCc1nc2c(c(O)c1C(=O)O)CC(O)CC2. The van der Waals surface area contributed by atoms with Gasteiger partial charge in [0.2, 0.25) is 0 Å². The third-order valence-corrected chi connectivity index (χ3v) is 3.13. The topological polar surface area (TPSA) is 90.7 Å². The van der Waals surface area contributed by atoms with Crippen molar-refractivity contribution in [2.75, 3.05) is 0 Å². The number of aromatic carboxylic acids is 1. The average Bonchev–Trinajstić information content (AvgIpc) is 2.29. The smallest absolute Gasteiger partial charge is 0.341 e. The number of carbonyl (C=O) groups is 1. The molecule has 92 valence electrons. The summed E-state index contributed by atoms with van der Waals surface area (Å²) in [6, 6.07) is 0. The molecule has 5 nitrogen and oxygen atoms in total. The Balaban J connectivity index is 2.62. The molecule has 5 heteroatoms. The molecule has 1 aliphatic carbocycles. The molecule has 0 bridgehead atoms. The Bertz CT molecular complexity index is 470. The van der Waals surface area contributed by atoms with Crippen LogP contribution in [0.2, 0.25) is 0 Å². The molecule has 2 rings (SSSR count). The Kier molecular flexibility index (Phi) is 3.02. The summed E-state index contributed by atoms with van der Waals surface area (Å²) in [6.07, 6.45) is 1.40. The standard InChI is InChI=1S/C12H15NO4/c1-2-8-10(12(16)17)11(15)7-5-6(14)3-4-9(7)13-8/h6,14H,2-5H2,1H3,(H,13,15)(H,16,17). The fourth-order valence-corrected chi connectivity index (χ4v) is 2.25. The maximum absolute atomic E-state index is 11.1. The van der Waals surface area contributed by atoms with Gasteiger partial charge in [-0.15, -0.1) is 0 Å². The van der Waals surface area contributed by atoms with E-state index in [1.54, 1.807) is 6.92 Å². The molecular weight excluding hydrogens is 222 g/mol. The van der Waals surface area contributed by atoms with Gasteiger partial charge < -0.3 is 15.3 Å². The van der Waals surface area contributed by atoms with E-state index in [1.165, 1.54) is 0 Å². The van der Waals surface area contributed by atoms with Crippen LogP contribution >= 0.6 is 0 Å². The van der Waals surface area contributed by atoms with E-state index >= 15 is 0 Å². The lowest BCUT2D eigenvalue weighted by Gasteiger charge is -2.22. The zero-order chi connectivity index (χ0) is 12.6. The molecule has 0 amide bonds. The van der Waals surface area contributed by atoms with Crippen molar-refractivity contribution in [2.24, 2.45) is 0 Å². The molecule has 0 aliphatic heterocycles. The zero-order valence-corrected chi connectivity index (χ0v) is 9.60. The number of aromatic nitrogens is 1. The Morgan fingerprint density at radius 1 is 1.53 bits per heavy atom. The van der Waals surface area contributed by atoms with E-state index < -0.39 is 12.1 Å². The van der Waals surface area contributed by atoms with Crippen LogP contribution in [0.15, 0.2) is 0 Å². The van der Waals surface area contributed by atoms with Crippen molar-refractivity contribution < 1.29 is 20.1 Å². The lowest BCUT2D eigenvalue weighted by molar-refractivity contribution is 0.0690. The lowest BCUT2D eigenvalue weighted by atomic mass is 9.90. The summed E-state index contributed by atoms with van der Waals surface area (Å²) in [4.78, 5) is 15.4. The van der Waals surface area contributed by atoms with Crippen LogP contribution in [0.4, 0.5) is 0 Å². The molecule has 0 saturated carbocycles. The second-order valence-electron chi connectivity index (χ2n) is 4.26. The molecule has 0 spiro atoms. The first-order valence-electron chi connectivity index (χ1n) is 5.69. The molecule has 17 heavy (non-hydrogen) atoms. The van der Waals surface area contributed by atoms with Crippen LogP contribution in [-0.2, 0) is 19.3 Å². The second-order valence-corrected chi connectivity index (χ2v) is 4.26. The highest BCUT2D eigenvalue weighted by Gasteiger charge is 2.27. The number of pyridine rings is 1. The number of carboxylic acids is 1. The van der Waals surface area contributed by atoms with Crippen molar-refractivity contribution in [1.29, 1.82) is 0 Å². The average molecular weight is 237 g/mol. The van der Waals surface area contributed by atoms with E-state index in [2.05, 4.69) is 4.98 Å². The normalized spacial score (nSPS) is 18.8. The Morgan fingerprint density at radius 3 is 2.82 bits per heavy atom. The van der Waals surface area contributed by atoms with Crippen molar-refractivity contribution in [2.45, 2.75) is 38.7 Å². The third-order valence-electron chi connectivity index (χ3n) is 3.13. The van der Waals surface area contributed by atoms with E-state index in [9.17, 15) is 15.0 Å². The van der Waals surface area contributed by atoms with E-state index in [4.69, 9.17) is 5.11 Å². The highest BCUT2D eigenvalue weighted by atomic mass is 16.4. The fourth-order valence-electron chi connectivity index (χ4n) is 2.25. The van der Waals surface area contributed by atoms with Gasteiger partial charge in [-0.2, -0.15) is 0 Å². The highest BCUT2D eigenvalue weighted by Crippen LogP contribution is 2.32. The van der Waals surface area contributed by atoms with Gasteiger partial charge in [-0.25, -0.2) is 4.79 Å². The summed E-state index contributed by atoms with van der Waals surface area (Å²) in [6.45, 7) is 1.80. The summed E-state index contributed by atoms with van der Waals surface area (Å²) in [5.41, 5.74) is 1.48. The molecule has 1 aromatic heterocycles. The minimum Gasteiger partial charge on any atom is -0.507 e. The van der Waals surface area contributed by atoms with E-state index in [0.29, 0.717) is 30.5 Å². The predicted molar refractivity (Wildman–Crippen MR) is 60.3 cm³/mol. The first-order valence-corrected chi connectivity index (χ1v) is 5.69. The summed E-state index contributed by atoms with van der Waals surface area (Å²) in [7, 11) is 0. The monoisotopic (exact) mass is 237 g/mol. The molecule has 1 unspecified atom stereocenters. The first kappa shape index (κ1) is 11.9. The molecule has 0 saturated heterocycles. The van der Waals surface area contributed by atoms with Gasteiger partial charge in [0.25, 0.3) is 0 Å². The van der Waals surface area contributed by atoms with E-state index in [-0.39, 0.29) is 17.7 Å². The van der Waals surface area contributed by atoms with E-state index in [0.717, 1.165) is 5.69 Å². The maximum atomic E-state index is 11.1. The number of aromatic hydroxyl groups is 1. The molecule has 1 heterocycles. The van der Waals surface area contributed by atoms with Crippen LogP contribution in [0.3, 0.4) is 0 Å². The number of aliphatic hydroxyl groups excluding tert-OH is 1. The highest BCUT2D eigenvalue weighted by molar-refractivity contribution is 5.92. The van der Waals surface area contributed by atoms with Gasteiger partial charge in [0, 0.05) is 17.7 Å². The maximum Gasteiger partial charge on any atom is 0.341 e. The van der Waals surface area contributed by atoms with Gasteiger partial charge in [0.1, 0.15) is 11.3 Å². The molecule has 1 atom stereocenters. The van der Waals surface area contributed by atoms with Gasteiger partial charge in [0.05, 0.1) is 11.8 Å². The van der Waals surface area contributed by atoms with Crippen LogP contribution in [-0.4, -0.2) is 32.4 Å². The number of aliphatic hydroxyl groups is 1. The molecule has 0 radical (unpaired) electrons. The molecule has 1 aromatic rings. The van der Waals surface area contributed by atoms with Crippen molar-refractivity contribution in [3.05, 3.63) is 22.5 Å². The van der Waals surface area contributed by atoms with Gasteiger partial charge in [-0.05, 0) is 19.3 Å². The lowest BCUT2D eigenvalue weighted by Crippen LogP contribution is -2.22. The van der Waals surface area contributed by atoms with Crippen LogP contribution in [0.1, 0.15) is 40.7 Å². The number of aryl methyl sites for hydroxylation is 2. The van der Waals surface area contributed by atoms with Gasteiger partial charge >= 0.3 is 5.97 Å². The van der Waals surface area contributed by atoms with Crippen LogP contribution in [0.25, 0.3) is 0 Å². The summed E-state index contributed by atoms with van der Waals surface area (Å²) in [5.74, 6) is -1.40. The largest absolute Gasteiger partial charge is 0.507 e. The van der Waals surface area contributed by atoms with Crippen LogP contribution < -0.4 is 0 Å². The third kappa shape index (κ3) is 1.98. The minimum absolute atomic E-state index is 0.125. The second kappa shape index (κ2) is 4.33. The Hall–Kier alpha value is -1.62. The predicted octanol–water partition coefficient (Wildman–Crippen LogP) is 0.897. The molecular formula is C12H15NO4.